The maximum absolute atomic E-state index is 5.96. The molecule has 1 aliphatic rings. The lowest BCUT2D eigenvalue weighted by Gasteiger charge is -2.20. The third kappa shape index (κ3) is 3.36. The van der Waals surface area contributed by atoms with Crippen LogP contribution in [0.4, 0.5) is 0 Å². The molecule has 112 valence electrons. The van der Waals surface area contributed by atoms with Gasteiger partial charge in [-0.3, -0.25) is 0 Å². The molecule has 3 rings (SSSR count). The van der Waals surface area contributed by atoms with Crippen LogP contribution in [0.2, 0.25) is 5.02 Å². The van der Waals surface area contributed by atoms with Crippen molar-refractivity contribution in [1.29, 1.82) is 0 Å². The molecule has 1 saturated heterocycles. The summed E-state index contributed by atoms with van der Waals surface area (Å²) >= 11 is 5.96. The van der Waals surface area contributed by atoms with Gasteiger partial charge in [-0.25, -0.2) is 0 Å². The van der Waals surface area contributed by atoms with Crippen molar-refractivity contribution < 1.29 is 9.26 Å². The van der Waals surface area contributed by atoms with E-state index in [2.05, 4.69) is 15.5 Å². The van der Waals surface area contributed by atoms with Gasteiger partial charge in [0.25, 0.3) is 5.89 Å². The molecule has 1 aromatic carbocycles. The van der Waals surface area contributed by atoms with Crippen molar-refractivity contribution in [2.75, 3.05) is 20.2 Å². The van der Waals surface area contributed by atoms with Gasteiger partial charge in [0.05, 0.1) is 12.7 Å². The van der Waals surface area contributed by atoms with Crippen molar-refractivity contribution in [3.63, 3.8) is 0 Å². The Morgan fingerprint density at radius 1 is 1.48 bits per heavy atom. The number of nitrogens with zero attached hydrogens (tertiary/aromatic N) is 2. The molecule has 0 amide bonds. The van der Waals surface area contributed by atoms with Crippen LogP contribution in [0.5, 0.6) is 5.75 Å². The lowest BCUT2D eigenvalue weighted by molar-refractivity contribution is 0.359. The van der Waals surface area contributed by atoms with Gasteiger partial charge in [0.2, 0.25) is 0 Å². The first-order valence-corrected chi connectivity index (χ1v) is 7.51. The molecule has 1 unspecified atom stereocenters. The monoisotopic (exact) mass is 307 g/mol. The Bertz CT molecular complexity index is 609. The number of rotatable bonds is 4. The zero-order valence-electron chi connectivity index (χ0n) is 11.9. The minimum Gasteiger partial charge on any atom is -0.496 e. The van der Waals surface area contributed by atoms with Crippen LogP contribution in [0.15, 0.2) is 22.7 Å². The van der Waals surface area contributed by atoms with Crippen LogP contribution in [-0.4, -0.2) is 30.3 Å². The zero-order valence-corrected chi connectivity index (χ0v) is 12.7. The van der Waals surface area contributed by atoms with E-state index >= 15 is 0 Å². The average Bonchev–Trinajstić information content (AvgIpc) is 2.96. The Labute approximate surface area is 128 Å². The SMILES string of the molecule is COc1cc(Cl)ccc1-c1nc(CC2CCCNC2)no1. The number of benzene rings is 1. The van der Waals surface area contributed by atoms with Gasteiger partial charge in [0, 0.05) is 11.4 Å². The summed E-state index contributed by atoms with van der Waals surface area (Å²) in [5.41, 5.74) is 0.766. The summed E-state index contributed by atoms with van der Waals surface area (Å²) in [7, 11) is 1.60. The molecule has 1 aliphatic heterocycles. The normalized spacial score (nSPS) is 18.7. The summed E-state index contributed by atoms with van der Waals surface area (Å²) in [6.07, 6.45) is 3.26. The van der Waals surface area contributed by atoms with Crippen LogP contribution >= 0.6 is 11.6 Å². The quantitative estimate of drug-likeness (QED) is 0.941. The summed E-state index contributed by atoms with van der Waals surface area (Å²) in [4.78, 5) is 4.48. The molecule has 2 heterocycles. The molecule has 0 radical (unpaired) electrons. The van der Waals surface area contributed by atoms with E-state index in [1.165, 1.54) is 12.8 Å². The summed E-state index contributed by atoms with van der Waals surface area (Å²) in [6.45, 7) is 2.13. The Hall–Kier alpha value is -1.59. The second-order valence-corrected chi connectivity index (χ2v) is 5.71. The molecule has 1 N–H and O–H groups in total. The van der Waals surface area contributed by atoms with Crippen LogP contribution in [-0.2, 0) is 6.42 Å². The van der Waals surface area contributed by atoms with Gasteiger partial charge in [0.1, 0.15) is 5.75 Å². The van der Waals surface area contributed by atoms with Crippen molar-refractivity contribution in [2.45, 2.75) is 19.3 Å². The van der Waals surface area contributed by atoms with Gasteiger partial charge in [-0.15, -0.1) is 0 Å². The molecule has 1 aromatic heterocycles. The standard InChI is InChI=1S/C15H18ClN3O2/c1-20-13-8-11(16)4-5-12(13)15-18-14(19-21-15)7-10-3-2-6-17-9-10/h4-5,8,10,17H,2-3,6-7,9H2,1H3. The average molecular weight is 308 g/mol. The van der Waals surface area contributed by atoms with Gasteiger partial charge in [-0.2, -0.15) is 4.98 Å². The fourth-order valence-electron chi connectivity index (χ4n) is 2.64. The summed E-state index contributed by atoms with van der Waals surface area (Å²) in [6, 6.07) is 5.36. The Balaban J connectivity index is 1.78. The van der Waals surface area contributed by atoms with Crippen molar-refractivity contribution >= 4 is 11.6 Å². The topological polar surface area (TPSA) is 60.2 Å². The molecule has 0 saturated carbocycles. The van der Waals surface area contributed by atoms with Crippen LogP contribution in [0.3, 0.4) is 0 Å². The Morgan fingerprint density at radius 3 is 3.14 bits per heavy atom. The van der Waals surface area contributed by atoms with Gasteiger partial charge in [-0.1, -0.05) is 16.8 Å². The summed E-state index contributed by atoms with van der Waals surface area (Å²) < 4.78 is 10.7. The van der Waals surface area contributed by atoms with E-state index in [9.17, 15) is 0 Å². The zero-order chi connectivity index (χ0) is 14.7. The second kappa shape index (κ2) is 6.45. The fourth-order valence-corrected chi connectivity index (χ4v) is 2.81. The number of piperidine rings is 1. The van der Waals surface area contributed by atoms with Crippen LogP contribution in [0.1, 0.15) is 18.7 Å². The number of halogens is 1. The minimum absolute atomic E-state index is 0.474. The first-order valence-electron chi connectivity index (χ1n) is 7.13. The van der Waals surface area contributed by atoms with Gasteiger partial charge in [-0.05, 0) is 50.0 Å². The van der Waals surface area contributed by atoms with Crippen LogP contribution < -0.4 is 10.1 Å². The third-order valence-corrected chi connectivity index (χ3v) is 3.97. The largest absolute Gasteiger partial charge is 0.496 e. The number of hydrogen-bond donors (Lipinski definition) is 1. The van der Waals surface area contributed by atoms with Crippen LogP contribution in [0, 0.1) is 5.92 Å². The molecule has 1 fully saturated rings. The smallest absolute Gasteiger partial charge is 0.261 e. The molecule has 0 spiro atoms. The van der Waals surface area contributed by atoms with E-state index in [0.29, 0.717) is 22.6 Å². The van der Waals surface area contributed by atoms with E-state index in [-0.39, 0.29) is 0 Å². The van der Waals surface area contributed by atoms with E-state index < -0.39 is 0 Å². The summed E-state index contributed by atoms with van der Waals surface area (Å²) in [5.74, 6) is 2.44. The number of methoxy groups -OCH3 is 1. The van der Waals surface area contributed by atoms with E-state index in [0.717, 1.165) is 30.9 Å². The second-order valence-electron chi connectivity index (χ2n) is 5.28. The van der Waals surface area contributed by atoms with Gasteiger partial charge in [0.15, 0.2) is 5.82 Å². The molecule has 21 heavy (non-hydrogen) atoms. The molecule has 1 atom stereocenters. The fraction of sp³-hybridized carbons (Fsp3) is 0.467. The van der Waals surface area contributed by atoms with Crippen LogP contribution in [0.25, 0.3) is 11.5 Å². The molecule has 2 aromatic rings. The highest BCUT2D eigenvalue weighted by molar-refractivity contribution is 6.30. The van der Waals surface area contributed by atoms with E-state index in [1.807, 2.05) is 6.07 Å². The lowest BCUT2D eigenvalue weighted by Crippen LogP contribution is -2.31. The number of nitrogens with one attached hydrogen (secondary N) is 1. The van der Waals surface area contributed by atoms with Crippen molar-refractivity contribution in [3.05, 3.63) is 29.0 Å². The third-order valence-electron chi connectivity index (χ3n) is 3.73. The predicted octanol–water partition coefficient (Wildman–Crippen LogP) is 2.94. The van der Waals surface area contributed by atoms with Gasteiger partial charge < -0.3 is 14.6 Å². The van der Waals surface area contributed by atoms with Gasteiger partial charge >= 0.3 is 0 Å². The highest BCUT2D eigenvalue weighted by atomic mass is 35.5. The first kappa shape index (κ1) is 14.4. The molecular formula is C15H18ClN3O2. The highest BCUT2D eigenvalue weighted by Crippen LogP contribution is 2.31. The first-order chi connectivity index (χ1) is 10.3. The predicted molar refractivity (Wildman–Crippen MR) is 80.6 cm³/mol. The maximum Gasteiger partial charge on any atom is 0.261 e. The minimum atomic E-state index is 0.474. The molecule has 6 heteroatoms. The maximum atomic E-state index is 5.96. The highest BCUT2D eigenvalue weighted by Gasteiger charge is 2.19. The Kier molecular flexibility index (Phi) is 4.41. The molecule has 0 bridgehead atoms. The molecule has 5 nitrogen and oxygen atoms in total. The molecular weight excluding hydrogens is 290 g/mol. The number of ether oxygens (including phenoxy) is 1. The summed E-state index contributed by atoms with van der Waals surface area (Å²) in [5, 5.41) is 8.09. The Morgan fingerprint density at radius 2 is 2.38 bits per heavy atom. The van der Waals surface area contributed by atoms with Crippen molar-refractivity contribution in [1.82, 2.24) is 15.5 Å². The lowest BCUT2D eigenvalue weighted by atomic mass is 9.96. The van der Waals surface area contributed by atoms with E-state index in [1.54, 1.807) is 19.2 Å². The van der Waals surface area contributed by atoms with Crippen molar-refractivity contribution in [3.8, 4) is 17.2 Å². The van der Waals surface area contributed by atoms with E-state index in [4.69, 9.17) is 20.9 Å². The number of aromatic nitrogens is 2. The van der Waals surface area contributed by atoms with Crippen molar-refractivity contribution in [2.24, 2.45) is 5.92 Å². The number of hydrogen-bond acceptors (Lipinski definition) is 5. The molecule has 0 aliphatic carbocycles.